The third-order valence-corrected chi connectivity index (χ3v) is 3.29. The van der Waals surface area contributed by atoms with Crippen molar-refractivity contribution in [2.45, 2.75) is 19.9 Å². The van der Waals surface area contributed by atoms with Crippen LogP contribution < -0.4 is 10.6 Å². The van der Waals surface area contributed by atoms with Crippen molar-refractivity contribution >= 4 is 40.3 Å². The highest BCUT2D eigenvalue weighted by atomic mass is 127. The van der Waals surface area contributed by atoms with Crippen LogP contribution in [0, 0.1) is 15.3 Å². The number of anilines is 1. The Morgan fingerprint density at radius 1 is 1.37 bits per heavy atom. The molecule has 0 radical (unpaired) electrons. The highest BCUT2D eigenvalue weighted by Crippen LogP contribution is 2.18. The summed E-state index contributed by atoms with van der Waals surface area (Å²) in [4.78, 5) is 22.6. The second-order valence-corrected chi connectivity index (χ2v) is 5.44. The number of aliphatic carboxylic acids is 1. The topological polar surface area (TPSA) is 78.4 Å². The Morgan fingerprint density at radius 3 is 2.47 bits per heavy atom. The van der Waals surface area contributed by atoms with E-state index < -0.39 is 23.9 Å². The molecule has 0 aromatic heterocycles. The summed E-state index contributed by atoms with van der Waals surface area (Å²) >= 11 is 1.88. The summed E-state index contributed by atoms with van der Waals surface area (Å²) in [7, 11) is 0. The van der Waals surface area contributed by atoms with Gasteiger partial charge in [0, 0.05) is 3.57 Å². The number of benzene rings is 1. The van der Waals surface area contributed by atoms with Crippen molar-refractivity contribution in [3.8, 4) is 0 Å². The first-order chi connectivity index (χ1) is 8.81. The van der Waals surface area contributed by atoms with Crippen molar-refractivity contribution in [3.63, 3.8) is 0 Å². The van der Waals surface area contributed by atoms with Gasteiger partial charge >= 0.3 is 12.0 Å². The molecular formula is C12H14FIN2O3. The lowest BCUT2D eigenvalue weighted by molar-refractivity contribution is -0.140. The van der Waals surface area contributed by atoms with E-state index in [-0.39, 0.29) is 5.92 Å². The van der Waals surface area contributed by atoms with E-state index in [1.807, 2.05) is 22.6 Å². The lowest BCUT2D eigenvalue weighted by Crippen LogP contribution is -2.46. The van der Waals surface area contributed by atoms with Crippen LogP contribution in [0.15, 0.2) is 18.2 Å². The van der Waals surface area contributed by atoms with Crippen LogP contribution in [0.3, 0.4) is 0 Å². The predicted molar refractivity (Wildman–Crippen MR) is 77.5 cm³/mol. The van der Waals surface area contributed by atoms with Gasteiger partial charge in [0.25, 0.3) is 0 Å². The SMILES string of the molecule is CC(C)[C@@H](NC(=O)Nc1ccc(F)cc1I)C(=O)O. The molecule has 5 nitrogen and oxygen atoms in total. The molecule has 0 bridgehead atoms. The van der Waals surface area contributed by atoms with Gasteiger partial charge in [-0.25, -0.2) is 14.0 Å². The Morgan fingerprint density at radius 2 is 2.00 bits per heavy atom. The molecule has 0 aliphatic rings. The Labute approximate surface area is 123 Å². The molecule has 104 valence electrons. The summed E-state index contributed by atoms with van der Waals surface area (Å²) in [6.45, 7) is 3.39. The first-order valence-corrected chi connectivity index (χ1v) is 6.64. The van der Waals surface area contributed by atoms with Crippen LogP contribution in [0.2, 0.25) is 0 Å². The summed E-state index contributed by atoms with van der Waals surface area (Å²) in [5.74, 6) is -1.74. The normalized spacial score (nSPS) is 12.1. The van der Waals surface area contributed by atoms with E-state index in [0.717, 1.165) is 0 Å². The van der Waals surface area contributed by atoms with E-state index in [9.17, 15) is 14.0 Å². The van der Waals surface area contributed by atoms with E-state index in [1.54, 1.807) is 13.8 Å². The maximum Gasteiger partial charge on any atom is 0.326 e. The minimum absolute atomic E-state index is 0.240. The van der Waals surface area contributed by atoms with Crippen molar-refractivity contribution in [2.24, 2.45) is 5.92 Å². The summed E-state index contributed by atoms with van der Waals surface area (Å²) in [5.41, 5.74) is 0.424. The first-order valence-electron chi connectivity index (χ1n) is 5.56. The highest BCUT2D eigenvalue weighted by molar-refractivity contribution is 14.1. The zero-order valence-corrected chi connectivity index (χ0v) is 12.6. The largest absolute Gasteiger partial charge is 0.480 e. The van der Waals surface area contributed by atoms with Crippen LogP contribution in [0.25, 0.3) is 0 Å². The molecule has 0 aliphatic heterocycles. The Bertz CT molecular complexity index is 494. The van der Waals surface area contributed by atoms with Crippen molar-refractivity contribution < 1.29 is 19.1 Å². The fraction of sp³-hybridized carbons (Fsp3) is 0.333. The van der Waals surface area contributed by atoms with Crippen LogP contribution in [0.1, 0.15) is 13.8 Å². The van der Waals surface area contributed by atoms with Crippen LogP contribution in [0.4, 0.5) is 14.9 Å². The minimum atomic E-state index is -1.10. The molecule has 1 aromatic carbocycles. The quantitative estimate of drug-likeness (QED) is 0.703. The van der Waals surface area contributed by atoms with Crippen molar-refractivity contribution in [1.29, 1.82) is 0 Å². The van der Waals surface area contributed by atoms with E-state index in [1.165, 1.54) is 18.2 Å². The van der Waals surface area contributed by atoms with Gasteiger partial charge in [0.2, 0.25) is 0 Å². The lowest BCUT2D eigenvalue weighted by atomic mass is 10.1. The maximum absolute atomic E-state index is 12.9. The molecule has 1 aromatic rings. The second-order valence-electron chi connectivity index (χ2n) is 4.28. The van der Waals surface area contributed by atoms with E-state index in [0.29, 0.717) is 9.26 Å². The molecule has 19 heavy (non-hydrogen) atoms. The molecule has 0 spiro atoms. The predicted octanol–water partition coefficient (Wildman–Crippen LogP) is 2.66. The summed E-state index contributed by atoms with van der Waals surface area (Å²) in [6, 6.07) is 2.30. The van der Waals surface area contributed by atoms with Crippen molar-refractivity contribution in [3.05, 3.63) is 27.6 Å². The fourth-order valence-corrected chi connectivity index (χ4v) is 2.02. The average Bonchev–Trinajstić information content (AvgIpc) is 2.29. The third-order valence-electron chi connectivity index (χ3n) is 2.40. The van der Waals surface area contributed by atoms with Crippen LogP contribution in [0.5, 0.6) is 0 Å². The maximum atomic E-state index is 12.9. The number of hydrogen-bond donors (Lipinski definition) is 3. The number of rotatable bonds is 4. The van der Waals surface area contributed by atoms with E-state index >= 15 is 0 Å². The molecule has 1 rings (SSSR count). The van der Waals surface area contributed by atoms with Gasteiger partial charge in [-0.2, -0.15) is 0 Å². The fourth-order valence-electron chi connectivity index (χ4n) is 1.40. The molecule has 1 atom stereocenters. The molecule has 0 fully saturated rings. The zero-order valence-electron chi connectivity index (χ0n) is 10.4. The summed E-state index contributed by atoms with van der Waals surface area (Å²) in [6.07, 6.45) is 0. The van der Waals surface area contributed by atoms with Crippen molar-refractivity contribution in [2.75, 3.05) is 5.32 Å². The summed E-state index contributed by atoms with van der Waals surface area (Å²) in [5, 5.41) is 13.8. The third kappa shape index (κ3) is 4.66. The number of halogens is 2. The van der Waals surface area contributed by atoms with Gasteiger partial charge in [-0.1, -0.05) is 13.8 Å². The van der Waals surface area contributed by atoms with Crippen molar-refractivity contribution in [1.82, 2.24) is 5.32 Å². The second kappa shape index (κ2) is 6.69. The van der Waals surface area contributed by atoms with E-state index in [2.05, 4.69) is 10.6 Å². The van der Waals surface area contributed by atoms with Crippen LogP contribution in [-0.4, -0.2) is 23.1 Å². The van der Waals surface area contributed by atoms with Gasteiger partial charge in [-0.15, -0.1) is 0 Å². The number of carbonyl (C=O) groups is 2. The molecular weight excluding hydrogens is 366 g/mol. The Hall–Kier alpha value is -1.38. The number of carboxylic acids is 1. The van der Waals surface area contributed by atoms with Gasteiger partial charge in [0.1, 0.15) is 11.9 Å². The standard InChI is InChI=1S/C12H14FIN2O3/c1-6(2)10(11(17)18)16-12(19)15-9-4-3-7(13)5-8(9)14/h3-6,10H,1-2H3,(H,17,18)(H2,15,16,19)/t10-/m1/s1. The van der Waals surface area contributed by atoms with Gasteiger partial charge in [0.15, 0.2) is 0 Å². The molecule has 7 heteroatoms. The number of urea groups is 1. The molecule has 0 aliphatic carbocycles. The molecule has 2 amide bonds. The number of hydrogen-bond acceptors (Lipinski definition) is 2. The number of nitrogens with one attached hydrogen (secondary N) is 2. The van der Waals surface area contributed by atoms with Gasteiger partial charge < -0.3 is 15.7 Å². The minimum Gasteiger partial charge on any atom is -0.480 e. The first kappa shape index (κ1) is 15.7. The van der Waals surface area contributed by atoms with Crippen LogP contribution >= 0.6 is 22.6 Å². The number of carboxylic acid groups (broad SMARTS) is 1. The molecule has 0 saturated carbocycles. The molecule has 0 saturated heterocycles. The van der Waals surface area contributed by atoms with Gasteiger partial charge in [0.05, 0.1) is 5.69 Å². The van der Waals surface area contributed by atoms with E-state index in [4.69, 9.17) is 5.11 Å². The smallest absolute Gasteiger partial charge is 0.326 e. The Balaban J connectivity index is 2.72. The number of amides is 2. The van der Waals surface area contributed by atoms with Crippen LogP contribution in [-0.2, 0) is 4.79 Å². The number of carbonyl (C=O) groups excluding carboxylic acids is 1. The average molecular weight is 380 g/mol. The van der Waals surface area contributed by atoms with Gasteiger partial charge in [-0.05, 0) is 46.7 Å². The lowest BCUT2D eigenvalue weighted by Gasteiger charge is -2.18. The highest BCUT2D eigenvalue weighted by Gasteiger charge is 2.23. The van der Waals surface area contributed by atoms with Gasteiger partial charge in [-0.3, -0.25) is 0 Å². The molecule has 3 N–H and O–H groups in total. The summed E-state index contributed by atoms with van der Waals surface area (Å²) < 4.78 is 13.4. The molecule has 0 heterocycles. The monoisotopic (exact) mass is 380 g/mol. The Kier molecular flexibility index (Phi) is 5.52. The molecule has 0 unspecified atom stereocenters. The zero-order chi connectivity index (χ0) is 14.6.